The van der Waals surface area contributed by atoms with Gasteiger partial charge in [0.2, 0.25) is 5.78 Å². The minimum atomic E-state index is -0.226. The van der Waals surface area contributed by atoms with Crippen molar-refractivity contribution in [3.8, 4) is 11.8 Å². The smallest absolute Gasteiger partial charge is 0.201 e. The number of hydrogen-bond acceptors (Lipinski definition) is 3. The maximum atomic E-state index is 12.0. The molecule has 0 amide bonds. The average molecular weight is 306 g/mol. The molecule has 0 aliphatic heterocycles. The Bertz CT molecular complexity index is 693. The lowest BCUT2D eigenvalue weighted by Gasteiger charge is -2.07. The molecule has 0 N–H and O–H groups in total. The van der Waals surface area contributed by atoms with Crippen molar-refractivity contribution in [2.45, 2.75) is 0 Å². The summed E-state index contributed by atoms with van der Waals surface area (Å²) in [4.78, 5) is 12.0. The Morgan fingerprint density at radius 1 is 1.15 bits per heavy atom. The van der Waals surface area contributed by atoms with E-state index in [4.69, 9.17) is 33.2 Å². The van der Waals surface area contributed by atoms with Gasteiger partial charge in [0, 0.05) is 11.6 Å². The molecule has 20 heavy (non-hydrogen) atoms. The van der Waals surface area contributed by atoms with Gasteiger partial charge in [-0.25, -0.2) is 0 Å². The highest BCUT2D eigenvalue weighted by Crippen LogP contribution is 2.22. The van der Waals surface area contributed by atoms with Gasteiger partial charge in [0.1, 0.15) is 11.8 Å². The van der Waals surface area contributed by atoms with Crippen LogP contribution < -0.4 is 4.74 Å². The highest BCUT2D eigenvalue weighted by atomic mass is 35.5. The van der Waals surface area contributed by atoms with Crippen molar-refractivity contribution in [1.29, 1.82) is 5.26 Å². The van der Waals surface area contributed by atoms with E-state index >= 15 is 0 Å². The summed E-state index contributed by atoms with van der Waals surface area (Å²) < 4.78 is 5.36. The van der Waals surface area contributed by atoms with Crippen molar-refractivity contribution in [3.63, 3.8) is 0 Å². The lowest BCUT2D eigenvalue weighted by molar-refractivity contribution is 0.0921. The van der Waals surface area contributed by atoms with Gasteiger partial charge in [0.05, 0.1) is 15.6 Å². The maximum absolute atomic E-state index is 12.0. The fourth-order valence-corrected chi connectivity index (χ4v) is 2.04. The van der Waals surface area contributed by atoms with Crippen molar-refractivity contribution in [1.82, 2.24) is 0 Å². The van der Waals surface area contributed by atoms with E-state index in [-0.39, 0.29) is 17.4 Å². The number of ketones is 1. The number of Topliss-reactive ketones (excluding diaryl/α,β-unsaturated/α-hetero) is 1. The maximum Gasteiger partial charge on any atom is 0.201 e. The zero-order valence-corrected chi connectivity index (χ0v) is 11.8. The molecule has 0 saturated carbocycles. The highest BCUT2D eigenvalue weighted by Gasteiger charge is 2.11. The predicted molar refractivity (Wildman–Crippen MR) is 77.4 cm³/mol. The number of carbonyl (C=O) groups excluding carboxylic acids is 1. The number of halogens is 2. The summed E-state index contributed by atoms with van der Waals surface area (Å²) in [7, 11) is 0. The van der Waals surface area contributed by atoms with Gasteiger partial charge >= 0.3 is 0 Å². The Hall–Kier alpha value is -2.02. The Kier molecular flexibility index (Phi) is 4.62. The van der Waals surface area contributed by atoms with Crippen LogP contribution >= 0.6 is 23.2 Å². The van der Waals surface area contributed by atoms with Gasteiger partial charge in [0.15, 0.2) is 6.61 Å². The lowest BCUT2D eigenvalue weighted by atomic mass is 10.1. The molecule has 0 radical (unpaired) electrons. The fraction of sp³-hybridized carbons (Fsp3) is 0.0667. The molecule has 0 spiro atoms. The fourth-order valence-electron chi connectivity index (χ4n) is 1.59. The molecule has 0 heterocycles. The normalized spacial score (nSPS) is 9.85. The SMILES string of the molecule is N#Cc1ccc(OCC(=O)c2ccccc2Cl)cc1Cl. The monoisotopic (exact) mass is 305 g/mol. The van der Waals surface area contributed by atoms with E-state index in [0.717, 1.165) is 0 Å². The quantitative estimate of drug-likeness (QED) is 0.798. The van der Waals surface area contributed by atoms with Crippen molar-refractivity contribution >= 4 is 29.0 Å². The lowest BCUT2D eigenvalue weighted by Crippen LogP contribution is -2.12. The Morgan fingerprint density at radius 2 is 1.90 bits per heavy atom. The summed E-state index contributed by atoms with van der Waals surface area (Å²) in [5, 5.41) is 9.44. The van der Waals surface area contributed by atoms with E-state index in [9.17, 15) is 4.79 Å². The molecule has 0 saturated heterocycles. The first kappa shape index (κ1) is 14.4. The predicted octanol–water partition coefficient (Wildman–Crippen LogP) is 4.13. The average Bonchev–Trinajstić information content (AvgIpc) is 2.45. The third-order valence-electron chi connectivity index (χ3n) is 2.61. The molecule has 3 nitrogen and oxygen atoms in total. The van der Waals surface area contributed by atoms with Gasteiger partial charge in [-0.05, 0) is 24.3 Å². The first-order valence-electron chi connectivity index (χ1n) is 5.72. The molecule has 0 unspecified atom stereocenters. The van der Waals surface area contributed by atoms with E-state index in [1.54, 1.807) is 30.3 Å². The Balaban J connectivity index is 2.06. The van der Waals surface area contributed by atoms with Crippen LogP contribution in [0.1, 0.15) is 15.9 Å². The van der Waals surface area contributed by atoms with Crippen LogP contribution in [-0.4, -0.2) is 12.4 Å². The van der Waals surface area contributed by atoms with Gasteiger partial charge in [0.25, 0.3) is 0 Å². The second-order valence-electron chi connectivity index (χ2n) is 3.95. The summed E-state index contributed by atoms with van der Waals surface area (Å²) >= 11 is 11.8. The zero-order chi connectivity index (χ0) is 14.5. The van der Waals surface area contributed by atoms with Crippen molar-refractivity contribution in [2.24, 2.45) is 0 Å². The van der Waals surface area contributed by atoms with Crippen LogP contribution in [0.4, 0.5) is 0 Å². The van der Waals surface area contributed by atoms with Crippen molar-refractivity contribution in [2.75, 3.05) is 6.61 Å². The van der Waals surface area contributed by atoms with Gasteiger partial charge < -0.3 is 4.74 Å². The molecule has 2 aromatic carbocycles. The highest BCUT2D eigenvalue weighted by molar-refractivity contribution is 6.34. The van der Waals surface area contributed by atoms with Crippen molar-refractivity contribution in [3.05, 3.63) is 63.6 Å². The summed E-state index contributed by atoms with van der Waals surface area (Å²) in [6.45, 7) is -0.147. The van der Waals surface area contributed by atoms with Crippen LogP contribution in [0.5, 0.6) is 5.75 Å². The third kappa shape index (κ3) is 3.30. The van der Waals surface area contributed by atoms with Crippen LogP contribution in [0.25, 0.3) is 0 Å². The van der Waals surface area contributed by atoms with Gasteiger partial charge in [-0.1, -0.05) is 35.3 Å². The number of hydrogen-bond donors (Lipinski definition) is 0. The number of benzene rings is 2. The number of nitriles is 1. The molecule has 5 heteroatoms. The third-order valence-corrected chi connectivity index (χ3v) is 3.25. The first-order chi connectivity index (χ1) is 9.61. The van der Waals surface area contributed by atoms with Crippen LogP contribution in [0.15, 0.2) is 42.5 Å². The van der Waals surface area contributed by atoms with E-state index in [2.05, 4.69) is 0 Å². The topological polar surface area (TPSA) is 50.1 Å². The molecule has 2 rings (SSSR count). The van der Waals surface area contributed by atoms with E-state index in [0.29, 0.717) is 21.9 Å². The summed E-state index contributed by atoms with van der Waals surface area (Å²) in [5.74, 6) is 0.200. The van der Waals surface area contributed by atoms with Gasteiger partial charge in [-0.2, -0.15) is 5.26 Å². The number of carbonyl (C=O) groups is 1. The zero-order valence-electron chi connectivity index (χ0n) is 10.3. The molecular weight excluding hydrogens is 297 g/mol. The molecular formula is C15H9Cl2NO2. The number of rotatable bonds is 4. The minimum Gasteiger partial charge on any atom is -0.485 e. The summed E-state index contributed by atoms with van der Waals surface area (Å²) in [6, 6.07) is 13.3. The van der Waals surface area contributed by atoms with Gasteiger partial charge in [-0.3, -0.25) is 4.79 Å². The Labute approximate surface area is 126 Å². The number of nitrogens with zero attached hydrogens (tertiary/aromatic N) is 1. The van der Waals surface area contributed by atoms with E-state index in [1.165, 1.54) is 12.1 Å². The standard InChI is InChI=1S/C15H9Cl2NO2/c16-13-4-2-1-3-12(13)15(19)9-20-11-6-5-10(8-18)14(17)7-11/h1-7H,9H2. The molecule has 0 aliphatic rings. The van der Waals surface area contributed by atoms with Crippen LogP contribution in [-0.2, 0) is 0 Å². The first-order valence-corrected chi connectivity index (χ1v) is 6.47. The second kappa shape index (κ2) is 6.42. The summed E-state index contributed by atoms with van der Waals surface area (Å²) in [5.41, 5.74) is 0.769. The number of ether oxygens (including phenoxy) is 1. The summed E-state index contributed by atoms with van der Waals surface area (Å²) in [6.07, 6.45) is 0. The molecule has 100 valence electrons. The molecule has 0 aliphatic carbocycles. The second-order valence-corrected chi connectivity index (χ2v) is 4.76. The molecule has 0 atom stereocenters. The Morgan fingerprint density at radius 3 is 2.55 bits per heavy atom. The van der Waals surface area contributed by atoms with E-state index in [1.807, 2.05) is 6.07 Å². The molecule has 0 aromatic heterocycles. The molecule has 2 aromatic rings. The van der Waals surface area contributed by atoms with Crippen LogP contribution in [0.3, 0.4) is 0 Å². The molecule has 0 fully saturated rings. The minimum absolute atomic E-state index is 0.147. The van der Waals surface area contributed by atoms with Crippen LogP contribution in [0, 0.1) is 11.3 Å². The van der Waals surface area contributed by atoms with Crippen LogP contribution in [0.2, 0.25) is 10.0 Å². The van der Waals surface area contributed by atoms with Crippen molar-refractivity contribution < 1.29 is 9.53 Å². The molecule has 0 bridgehead atoms. The largest absolute Gasteiger partial charge is 0.485 e. The van der Waals surface area contributed by atoms with Gasteiger partial charge in [-0.15, -0.1) is 0 Å². The van der Waals surface area contributed by atoms with E-state index < -0.39 is 0 Å².